The zero-order valence-corrected chi connectivity index (χ0v) is 9.72. The van der Waals surface area contributed by atoms with Gasteiger partial charge in [-0.15, -0.1) is 0 Å². The molecule has 1 aliphatic carbocycles. The Balaban J connectivity index is 2.18. The van der Waals surface area contributed by atoms with E-state index in [0.29, 0.717) is 6.04 Å². The predicted octanol–water partition coefficient (Wildman–Crippen LogP) is 2.58. The van der Waals surface area contributed by atoms with Crippen molar-refractivity contribution in [2.45, 2.75) is 51.5 Å². The molecule has 0 aromatic heterocycles. The summed E-state index contributed by atoms with van der Waals surface area (Å²) in [7, 11) is 1.80. The molecule has 1 saturated carbocycles. The van der Waals surface area contributed by atoms with E-state index in [2.05, 4.69) is 12.2 Å². The molecule has 0 bridgehead atoms. The SMILES string of the molecule is CCCNC(COC)CC1CCCC1. The van der Waals surface area contributed by atoms with Crippen molar-refractivity contribution in [1.29, 1.82) is 0 Å². The van der Waals surface area contributed by atoms with Crippen LogP contribution in [0.5, 0.6) is 0 Å². The number of hydrogen-bond acceptors (Lipinski definition) is 2. The van der Waals surface area contributed by atoms with Crippen LogP contribution in [0.15, 0.2) is 0 Å². The molecule has 14 heavy (non-hydrogen) atoms. The highest BCUT2D eigenvalue weighted by atomic mass is 16.5. The van der Waals surface area contributed by atoms with Crippen LogP contribution in [0.25, 0.3) is 0 Å². The van der Waals surface area contributed by atoms with Gasteiger partial charge in [-0.2, -0.15) is 0 Å². The normalized spacial score (nSPS) is 20.1. The quantitative estimate of drug-likeness (QED) is 0.680. The fraction of sp³-hybridized carbons (Fsp3) is 1.00. The predicted molar refractivity (Wildman–Crippen MR) is 60.5 cm³/mol. The van der Waals surface area contributed by atoms with Crippen molar-refractivity contribution in [2.24, 2.45) is 5.92 Å². The second kappa shape index (κ2) is 7.24. The number of rotatable bonds is 7. The molecule has 0 amide bonds. The van der Waals surface area contributed by atoms with Gasteiger partial charge >= 0.3 is 0 Å². The molecule has 1 unspecified atom stereocenters. The summed E-state index contributed by atoms with van der Waals surface area (Å²) in [5, 5.41) is 3.57. The summed E-state index contributed by atoms with van der Waals surface area (Å²) in [6, 6.07) is 0.586. The maximum Gasteiger partial charge on any atom is 0.0615 e. The van der Waals surface area contributed by atoms with E-state index >= 15 is 0 Å². The molecule has 1 N–H and O–H groups in total. The number of ether oxygens (including phenoxy) is 1. The Morgan fingerprint density at radius 1 is 1.36 bits per heavy atom. The van der Waals surface area contributed by atoms with Gasteiger partial charge in [-0.3, -0.25) is 0 Å². The molecule has 1 aliphatic rings. The minimum atomic E-state index is 0.586. The number of hydrogen-bond donors (Lipinski definition) is 1. The highest BCUT2D eigenvalue weighted by Gasteiger charge is 2.19. The largest absolute Gasteiger partial charge is 0.383 e. The maximum absolute atomic E-state index is 5.25. The van der Waals surface area contributed by atoms with Gasteiger partial charge in [0.25, 0.3) is 0 Å². The molecule has 2 nitrogen and oxygen atoms in total. The van der Waals surface area contributed by atoms with Crippen LogP contribution in [0.4, 0.5) is 0 Å². The van der Waals surface area contributed by atoms with E-state index in [1.54, 1.807) is 7.11 Å². The first-order chi connectivity index (χ1) is 6.86. The topological polar surface area (TPSA) is 21.3 Å². The van der Waals surface area contributed by atoms with Crippen LogP contribution in [0.3, 0.4) is 0 Å². The second-order valence-electron chi connectivity index (χ2n) is 4.49. The molecular weight excluding hydrogens is 174 g/mol. The van der Waals surface area contributed by atoms with E-state index in [1.165, 1.54) is 38.5 Å². The summed E-state index contributed by atoms with van der Waals surface area (Å²) in [4.78, 5) is 0. The van der Waals surface area contributed by atoms with Crippen molar-refractivity contribution in [2.75, 3.05) is 20.3 Å². The van der Waals surface area contributed by atoms with E-state index in [1.807, 2.05) is 0 Å². The van der Waals surface area contributed by atoms with Gasteiger partial charge in [-0.05, 0) is 25.3 Å². The smallest absolute Gasteiger partial charge is 0.0615 e. The van der Waals surface area contributed by atoms with E-state index in [4.69, 9.17) is 4.74 Å². The van der Waals surface area contributed by atoms with Crippen LogP contribution >= 0.6 is 0 Å². The molecule has 2 heteroatoms. The van der Waals surface area contributed by atoms with Crippen molar-refractivity contribution in [3.8, 4) is 0 Å². The molecule has 0 radical (unpaired) electrons. The zero-order chi connectivity index (χ0) is 10.2. The average Bonchev–Trinajstić information content (AvgIpc) is 2.67. The summed E-state index contributed by atoms with van der Waals surface area (Å²) >= 11 is 0. The lowest BCUT2D eigenvalue weighted by Crippen LogP contribution is -2.35. The molecule has 1 fully saturated rings. The third kappa shape index (κ3) is 4.43. The monoisotopic (exact) mass is 199 g/mol. The van der Waals surface area contributed by atoms with Gasteiger partial charge in [0.1, 0.15) is 0 Å². The van der Waals surface area contributed by atoms with Gasteiger partial charge in [0.15, 0.2) is 0 Å². The molecule has 1 atom stereocenters. The van der Waals surface area contributed by atoms with Crippen LogP contribution in [0.2, 0.25) is 0 Å². The Morgan fingerprint density at radius 3 is 2.64 bits per heavy atom. The van der Waals surface area contributed by atoms with Crippen molar-refractivity contribution >= 4 is 0 Å². The minimum Gasteiger partial charge on any atom is -0.383 e. The number of nitrogens with one attached hydrogen (secondary N) is 1. The first-order valence-corrected chi connectivity index (χ1v) is 6.09. The molecule has 0 saturated heterocycles. The Hall–Kier alpha value is -0.0800. The van der Waals surface area contributed by atoms with Crippen molar-refractivity contribution in [3.05, 3.63) is 0 Å². The van der Waals surface area contributed by atoms with Crippen LogP contribution in [-0.2, 0) is 4.74 Å². The second-order valence-corrected chi connectivity index (χ2v) is 4.49. The Labute approximate surface area is 88.4 Å². The van der Waals surface area contributed by atoms with Crippen molar-refractivity contribution < 1.29 is 4.74 Å². The Bertz CT molecular complexity index is 132. The highest BCUT2D eigenvalue weighted by molar-refractivity contribution is 4.75. The molecule has 84 valence electrons. The first-order valence-electron chi connectivity index (χ1n) is 6.09. The van der Waals surface area contributed by atoms with Crippen LogP contribution in [0, 0.1) is 5.92 Å². The lowest BCUT2D eigenvalue weighted by atomic mass is 9.99. The molecule has 0 heterocycles. The lowest BCUT2D eigenvalue weighted by Gasteiger charge is -2.20. The van der Waals surface area contributed by atoms with Gasteiger partial charge in [0.2, 0.25) is 0 Å². The minimum absolute atomic E-state index is 0.586. The fourth-order valence-electron chi connectivity index (χ4n) is 2.41. The first kappa shape index (κ1) is 12.0. The standard InChI is InChI=1S/C12H25NO/c1-3-8-13-12(10-14-2)9-11-6-4-5-7-11/h11-13H,3-10H2,1-2H3. The Kier molecular flexibility index (Phi) is 6.20. The van der Waals surface area contributed by atoms with Gasteiger partial charge in [-0.25, -0.2) is 0 Å². The van der Waals surface area contributed by atoms with E-state index < -0.39 is 0 Å². The van der Waals surface area contributed by atoms with E-state index in [-0.39, 0.29) is 0 Å². The lowest BCUT2D eigenvalue weighted by molar-refractivity contribution is 0.154. The Morgan fingerprint density at radius 2 is 2.07 bits per heavy atom. The summed E-state index contributed by atoms with van der Waals surface area (Å²) in [6.45, 7) is 4.21. The van der Waals surface area contributed by atoms with Gasteiger partial charge in [0.05, 0.1) is 6.61 Å². The average molecular weight is 199 g/mol. The third-order valence-electron chi connectivity index (χ3n) is 3.14. The number of methoxy groups -OCH3 is 1. The summed E-state index contributed by atoms with van der Waals surface area (Å²) in [6.07, 6.45) is 8.29. The molecular formula is C12H25NO. The van der Waals surface area contributed by atoms with Crippen LogP contribution in [0.1, 0.15) is 45.4 Å². The van der Waals surface area contributed by atoms with E-state index in [9.17, 15) is 0 Å². The van der Waals surface area contributed by atoms with Gasteiger partial charge in [-0.1, -0.05) is 32.6 Å². The van der Waals surface area contributed by atoms with Crippen molar-refractivity contribution in [3.63, 3.8) is 0 Å². The molecule has 0 spiro atoms. The summed E-state index contributed by atoms with van der Waals surface area (Å²) in [5.41, 5.74) is 0. The zero-order valence-electron chi connectivity index (χ0n) is 9.72. The van der Waals surface area contributed by atoms with Crippen molar-refractivity contribution in [1.82, 2.24) is 5.32 Å². The molecule has 1 rings (SSSR count). The fourth-order valence-corrected chi connectivity index (χ4v) is 2.41. The molecule has 0 aliphatic heterocycles. The van der Waals surface area contributed by atoms with Gasteiger partial charge in [0, 0.05) is 13.2 Å². The molecule has 0 aromatic carbocycles. The highest BCUT2D eigenvalue weighted by Crippen LogP contribution is 2.28. The van der Waals surface area contributed by atoms with Crippen LogP contribution < -0.4 is 5.32 Å². The maximum atomic E-state index is 5.25. The summed E-state index contributed by atoms with van der Waals surface area (Å²) in [5.74, 6) is 0.958. The third-order valence-corrected chi connectivity index (χ3v) is 3.14. The van der Waals surface area contributed by atoms with Crippen LogP contribution in [-0.4, -0.2) is 26.3 Å². The molecule has 0 aromatic rings. The van der Waals surface area contributed by atoms with Gasteiger partial charge < -0.3 is 10.1 Å². The summed E-state index contributed by atoms with van der Waals surface area (Å²) < 4.78 is 5.25. The van der Waals surface area contributed by atoms with E-state index in [0.717, 1.165) is 19.1 Å².